The molecule has 0 heterocycles. The van der Waals surface area contributed by atoms with Gasteiger partial charge in [-0.1, -0.05) is 30.9 Å². The van der Waals surface area contributed by atoms with Crippen molar-refractivity contribution in [1.29, 1.82) is 5.26 Å². The zero-order chi connectivity index (χ0) is 18.1. The molecule has 0 atom stereocenters. The Morgan fingerprint density at radius 2 is 1.96 bits per heavy atom. The summed E-state index contributed by atoms with van der Waals surface area (Å²) >= 11 is 0. The summed E-state index contributed by atoms with van der Waals surface area (Å²) in [5.74, 6) is 0.765. The minimum absolute atomic E-state index is 0.0227. The van der Waals surface area contributed by atoms with Gasteiger partial charge in [-0.3, -0.25) is 4.79 Å². The Morgan fingerprint density at radius 3 is 2.60 bits per heavy atom. The first-order chi connectivity index (χ1) is 12.2. The molecule has 0 aliphatic rings. The summed E-state index contributed by atoms with van der Waals surface area (Å²) in [7, 11) is 1.57. The van der Waals surface area contributed by atoms with Gasteiger partial charge >= 0.3 is 0 Å². The molecule has 2 aromatic carbocycles. The van der Waals surface area contributed by atoms with E-state index in [0.29, 0.717) is 29.4 Å². The normalized spacial score (nSPS) is 10.5. The van der Waals surface area contributed by atoms with E-state index in [4.69, 9.17) is 9.47 Å². The summed E-state index contributed by atoms with van der Waals surface area (Å²) in [6, 6.07) is 16.0. The predicted octanol–water partition coefficient (Wildman–Crippen LogP) is 3.81. The van der Waals surface area contributed by atoms with Gasteiger partial charge in [-0.15, -0.1) is 0 Å². The maximum atomic E-state index is 12.3. The Morgan fingerprint density at radius 1 is 1.24 bits per heavy atom. The van der Waals surface area contributed by atoms with E-state index in [9.17, 15) is 10.1 Å². The zero-order valence-electron chi connectivity index (χ0n) is 13.9. The molecule has 0 radical (unpaired) electrons. The Hall–Kier alpha value is -3.52. The first-order valence-electron chi connectivity index (χ1n) is 7.58. The predicted molar refractivity (Wildman–Crippen MR) is 97.3 cm³/mol. The van der Waals surface area contributed by atoms with E-state index in [1.165, 1.54) is 6.08 Å². The summed E-state index contributed by atoms with van der Waals surface area (Å²) in [6.45, 7) is 3.94. The van der Waals surface area contributed by atoms with Crippen molar-refractivity contribution in [3.05, 3.63) is 72.3 Å². The van der Waals surface area contributed by atoms with Crippen molar-refractivity contribution in [2.24, 2.45) is 0 Å². The zero-order valence-corrected chi connectivity index (χ0v) is 13.9. The van der Waals surface area contributed by atoms with Gasteiger partial charge in [0.2, 0.25) is 0 Å². The second kappa shape index (κ2) is 8.94. The fourth-order valence-electron chi connectivity index (χ4n) is 2.06. The summed E-state index contributed by atoms with van der Waals surface area (Å²) in [6.07, 6.45) is 3.12. The molecular formula is C20H18N2O3. The number of hydrogen-bond acceptors (Lipinski definition) is 4. The molecule has 2 rings (SSSR count). The highest BCUT2D eigenvalue weighted by Gasteiger charge is 2.11. The quantitative estimate of drug-likeness (QED) is 0.475. The van der Waals surface area contributed by atoms with Crippen LogP contribution in [0.1, 0.15) is 5.56 Å². The smallest absolute Gasteiger partial charge is 0.266 e. The summed E-state index contributed by atoms with van der Waals surface area (Å²) < 4.78 is 10.6. The van der Waals surface area contributed by atoms with Crippen LogP contribution in [-0.4, -0.2) is 19.6 Å². The van der Waals surface area contributed by atoms with Gasteiger partial charge in [0.05, 0.1) is 7.11 Å². The Kier molecular flexibility index (Phi) is 6.38. The molecule has 2 aromatic rings. The van der Waals surface area contributed by atoms with Gasteiger partial charge in [0.1, 0.15) is 29.7 Å². The molecule has 5 nitrogen and oxygen atoms in total. The molecule has 1 amide bonds. The van der Waals surface area contributed by atoms with E-state index in [-0.39, 0.29) is 5.57 Å². The summed E-state index contributed by atoms with van der Waals surface area (Å²) in [4.78, 5) is 12.3. The molecule has 0 saturated heterocycles. The third-order valence-corrected chi connectivity index (χ3v) is 3.29. The van der Waals surface area contributed by atoms with E-state index in [2.05, 4.69) is 11.9 Å². The van der Waals surface area contributed by atoms with Crippen LogP contribution in [-0.2, 0) is 4.79 Å². The van der Waals surface area contributed by atoms with E-state index in [0.717, 1.165) is 0 Å². The molecule has 0 unspecified atom stereocenters. The lowest BCUT2D eigenvalue weighted by atomic mass is 10.1. The van der Waals surface area contributed by atoms with Gasteiger partial charge in [0.25, 0.3) is 5.91 Å². The van der Waals surface area contributed by atoms with Crippen LogP contribution in [0.25, 0.3) is 6.08 Å². The molecule has 0 bridgehead atoms. The molecule has 1 N–H and O–H groups in total. The van der Waals surface area contributed by atoms with E-state index >= 15 is 0 Å². The van der Waals surface area contributed by atoms with Gasteiger partial charge in [0, 0.05) is 11.3 Å². The molecule has 25 heavy (non-hydrogen) atoms. The molecule has 0 spiro atoms. The molecule has 0 aliphatic heterocycles. The first kappa shape index (κ1) is 17.8. The lowest BCUT2D eigenvalue weighted by molar-refractivity contribution is -0.112. The maximum absolute atomic E-state index is 12.3. The van der Waals surface area contributed by atoms with Crippen molar-refractivity contribution in [2.45, 2.75) is 0 Å². The largest absolute Gasteiger partial charge is 0.497 e. The summed E-state index contributed by atoms with van der Waals surface area (Å²) in [5, 5.41) is 12.0. The van der Waals surface area contributed by atoms with Gasteiger partial charge in [0.15, 0.2) is 0 Å². The number of anilines is 1. The number of ether oxygens (including phenoxy) is 2. The second-order valence-electron chi connectivity index (χ2n) is 4.99. The van der Waals surface area contributed by atoms with Crippen LogP contribution in [0.4, 0.5) is 5.69 Å². The van der Waals surface area contributed by atoms with Crippen LogP contribution in [0.15, 0.2) is 66.8 Å². The number of para-hydroxylation sites is 1. The van der Waals surface area contributed by atoms with E-state index < -0.39 is 5.91 Å². The highest BCUT2D eigenvalue weighted by atomic mass is 16.5. The first-order valence-corrected chi connectivity index (χ1v) is 7.58. The van der Waals surface area contributed by atoms with E-state index in [1.54, 1.807) is 49.6 Å². The number of nitrogens with one attached hydrogen (secondary N) is 1. The number of benzene rings is 2. The van der Waals surface area contributed by atoms with Crippen LogP contribution in [0.3, 0.4) is 0 Å². The number of nitrogens with zero attached hydrogens (tertiary/aromatic N) is 1. The minimum Gasteiger partial charge on any atom is -0.497 e. The van der Waals surface area contributed by atoms with Gasteiger partial charge in [-0.2, -0.15) is 5.26 Å². The van der Waals surface area contributed by atoms with Crippen molar-refractivity contribution in [3.8, 4) is 17.6 Å². The minimum atomic E-state index is -0.494. The number of carbonyl (C=O) groups is 1. The maximum Gasteiger partial charge on any atom is 0.266 e. The van der Waals surface area contributed by atoms with Crippen LogP contribution < -0.4 is 14.8 Å². The fraction of sp³-hybridized carbons (Fsp3) is 0.100. The molecule has 0 fully saturated rings. The highest BCUT2D eigenvalue weighted by Crippen LogP contribution is 2.22. The Labute approximate surface area is 146 Å². The van der Waals surface area contributed by atoms with Crippen molar-refractivity contribution >= 4 is 17.7 Å². The van der Waals surface area contributed by atoms with Crippen molar-refractivity contribution in [3.63, 3.8) is 0 Å². The van der Waals surface area contributed by atoms with Gasteiger partial charge < -0.3 is 14.8 Å². The highest BCUT2D eigenvalue weighted by molar-refractivity contribution is 6.09. The van der Waals surface area contributed by atoms with Crippen molar-refractivity contribution in [2.75, 3.05) is 19.0 Å². The third kappa shape index (κ3) is 4.98. The van der Waals surface area contributed by atoms with Gasteiger partial charge in [-0.05, 0) is 36.4 Å². The number of amides is 1. The Balaban J connectivity index is 2.20. The number of methoxy groups -OCH3 is 1. The molecule has 5 heteroatoms. The lowest BCUT2D eigenvalue weighted by Gasteiger charge is -2.08. The number of nitriles is 1. The van der Waals surface area contributed by atoms with Crippen molar-refractivity contribution in [1.82, 2.24) is 0 Å². The molecule has 126 valence electrons. The second-order valence-corrected chi connectivity index (χ2v) is 4.99. The van der Waals surface area contributed by atoms with Crippen LogP contribution in [0.2, 0.25) is 0 Å². The number of carbonyl (C=O) groups excluding carboxylic acids is 1. The monoisotopic (exact) mass is 334 g/mol. The van der Waals surface area contributed by atoms with Crippen LogP contribution >= 0.6 is 0 Å². The number of hydrogen-bond donors (Lipinski definition) is 1. The SMILES string of the molecule is C=CCOc1ccccc1/C=C(\C#N)C(=O)Nc1ccc(OC)cc1. The molecular weight excluding hydrogens is 316 g/mol. The lowest BCUT2D eigenvalue weighted by Crippen LogP contribution is -2.13. The van der Waals surface area contributed by atoms with Crippen LogP contribution in [0, 0.1) is 11.3 Å². The van der Waals surface area contributed by atoms with E-state index in [1.807, 2.05) is 18.2 Å². The third-order valence-electron chi connectivity index (χ3n) is 3.29. The molecule has 0 aliphatic carbocycles. The van der Waals surface area contributed by atoms with Crippen LogP contribution in [0.5, 0.6) is 11.5 Å². The molecule has 0 aromatic heterocycles. The molecule has 0 saturated carbocycles. The summed E-state index contributed by atoms with van der Waals surface area (Å²) in [5.41, 5.74) is 1.19. The van der Waals surface area contributed by atoms with Crippen molar-refractivity contribution < 1.29 is 14.3 Å². The fourth-order valence-corrected chi connectivity index (χ4v) is 2.06. The topological polar surface area (TPSA) is 71.3 Å². The number of rotatable bonds is 7. The standard InChI is InChI=1S/C20H18N2O3/c1-3-12-25-19-7-5-4-6-15(19)13-16(14-21)20(23)22-17-8-10-18(24-2)11-9-17/h3-11,13H,1,12H2,2H3,(H,22,23)/b16-13+. The van der Waals surface area contributed by atoms with Gasteiger partial charge in [-0.25, -0.2) is 0 Å². The Bertz CT molecular complexity index is 818. The average Bonchev–Trinajstić information content (AvgIpc) is 2.65. The average molecular weight is 334 g/mol.